The fourth-order valence-corrected chi connectivity index (χ4v) is 2.88. The number of ether oxygens (including phenoxy) is 3. The van der Waals surface area contributed by atoms with Gasteiger partial charge in [0.2, 0.25) is 5.75 Å². The maximum Gasteiger partial charge on any atom is 0.416 e. The van der Waals surface area contributed by atoms with Crippen molar-refractivity contribution in [2.45, 2.75) is 12.7 Å². The molecular formula is C19H17F3N2O4. The highest BCUT2D eigenvalue weighted by Crippen LogP contribution is 2.41. The molecule has 3 rings (SSSR count). The lowest BCUT2D eigenvalue weighted by molar-refractivity contribution is -0.137. The quantitative estimate of drug-likeness (QED) is 0.663. The summed E-state index contributed by atoms with van der Waals surface area (Å²) in [6, 6.07) is 6.11. The van der Waals surface area contributed by atoms with Gasteiger partial charge >= 0.3 is 6.18 Å². The minimum Gasteiger partial charge on any atom is -0.493 e. The van der Waals surface area contributed by atoms with Crippen LogP contribution in [0.3, 0.4) is 0 Å². The maximum absolute atomic E-state index is 12.9. The van der Waals surface area contributed by atoms with Crippen molar-refractivity contribution in [1.82, 2.24) is 9.55 Å². The largest absolute Gasteiger partial charge is 0.493 e. The maximum atomic E-state index is 12.9. The van der Waals surface area contributed by atoms with Gasteiger partial charge in [-0.3, -0.25) is 9.36 Å². The zero-order valence-corrected chi connectivity index (χ0v) is 15.3. The van der Waals surface area contributed by atoms with Crippen LogP contribution in [0, 0.1) is 0 Å². The first-order valence-corrected chi connectivity index (χ1v) is 8.14. The number of hydrogen-bond acceptors (Lipinski definition) is 5. The van der Waals surface area contributed by atoms with E-state index in [9.17, 15) is 18.0 Å². The average Bonchev–Trinajstić information content (AvgIpc) is 2.68. The highest BCUT2D eigenvalue weighted by molar-refractivity contribution is 5.89. The molecule has 1 aromatic heterocycles. The number of fused-ring (bicyclic) bond motifs is 1. The van der Waals surface area contributed by atoms with Crippen molar-refractivity contribution in [2.75, 3.05) is 21.3 Å². The zero-order valence-electron chi connectivity index (χ0n) is 15.3. The van der Waals surface area contributed by atoms with Crippen molar-refractivity contribution in [3.63, 3.8) is 0 Å². The van der Waals surface area contributed by atoms with Crippen molar-refractivity contribution >= 4 is 10.9 Å². The molecule has 0 aliphatic heterocycles. The fourth-order valence-electron chi connectivity index (χ4n) is 2.88. The second-order valence-corrected chi connectivity index (χ2v) is 5.91. The molecule has 148 valence electrons. The van der Waals surface area contributed by atoms with Crippen LogP contribution in [0.25, 0.3) is 10.9 Å². The Balaban J connectivity index is 2.06. The Morgan fingerprint density at radius 3 is 2.18 bits per heavy atom. The Hall–Kier alpha value is -3.23. The Morgan fingerprint density at radius 2 is 1.64 bits per heavy atom. The lowest BCUT2D eigenvalue weighted by Crippen LogP contribution is -2.21. The molecule has 3 aromatic rings. The predicted molar refractivity (Wildman–Crippen MR) is 96.2 cm³/mol. The summed E-state index contributed by atoms with van der Waals surface area (Å²) in [7, 11) is 4.30. The Labute approximate surface area is 158 Å². The summed E-state index contributed by atoms with van der Waals surface area (Å²) in [5.74, 6) is 0.874. The van der Waals surface area contributed by atoms with E-state index < -0.39 is 11.7 Å². The molecule has 0 amide bonds. The van der Waals surface area contributed by atoms with Crippen LogP contribution in [0.4, 0.5) is 13.2 Å². The fraction of sp³-hybridized carbons (Fsp3) is 0.263. The van der Waals surface area contributed by atoms with Gasteiger partial charge in [-0.05, 0) is 23.8 Å². The number of alkyl halides is 3. The van der Waals surface area contributed by atoms with Gasteiger partial charge in [0, 0.05) is 0 Å². The molecule has 0 radical (unpaired) electrons. The van der Waals surface area contributed by atoms with E-state index in [2.05, 4.69) is 4.98 Å². The van der Waals surface area contributed by atoms with Gasteiger partial charge in [0.05, 0.1) is 45.2 Å². The van der Waals surface area contributed by atoms with E-state index in [-0.39, 0.29) is 23.2 Å². The van der Waals surface area contributed by atoms with E-state index in [1.807, 2.05) is 0 Å². The van der Waals surface area contributed by atoms with Gasteiger partial charge in [-0.15, -0.1) is 0 Å². The van der Waals surface area contributed by atoms with Crippen LogP contribution in [0.5, 0.6) is 17.2 Å². The molecule has 0 bridgehead atoms. The Bertz CT molecular complexity index is 1060. The SMILES string of the molecule is COc1cc2c(=O)n(Cc3ccc(C(F)(F)F)cc3)cnc2c(OC)c1OC. The summed E-state index contributed by atoms with van der Waals surface area (Å²) in [5.41, 5.74) is -0.302. The van der Waals surface area contributed by atoms with E-state index in [1.165, 1.54) is 50.4 Å². The Morgan fingerprint density at radius 1 is 1.00 bits per heavy atom. The number of aromatic nitrogens is 2. The number of methoxy groups -OCH3 is 3. The van der Waals surface area contributed by atoms with Crippen LogP contribution < -0.4 is 19.8 Å². The first-order valence-electron chi connectivity index (χ1n) is 8.14. The highest BCUT2D eigenvalue weighted by atomic mass is 19.4. The number of hydrogen-bond donors (Lipinski definition) is 0. The van der Waals surface area contributed by atoms with E-state index in [1.54, 1.807) is 0 Å². The number of halogens is 3. The van der Waals surface area contributed by atoms with Crippen LogP contribution in [-0.2, 0) is 12.7 Å². The molecule has 0 saturated heterocycles. The molecule has 0 aliphatic rings. The lowest BCUT2D eigenvalue weighted by Gasteiger charge is -2.15. The third-order valence-electron chi connectivity index (χ3n) is 4.26. The van der Waals surface area contributed by atoms with Gasteiger partial charge < -0.3 is 14.2 Å². The van der Waals surface area contributed by atoms with E-state index in [0.29, 0.717) is 22.6 Å². The van der Waals surface area contributed by atoms with Crippen LogP contribution in [0.2, 0.25) is 0 Å². The van der Waals surface area contributed by atoms with E-state index >= 15 is 0 Å². The van der Waals surface area contributed by atoms with Crippen molar-refractivity contribution < 1.29 is 27.4 Å². The zero-order chi connectivity index (χ0) is 20.5. The summed E-state index contributed by atoms with van der Waals surface area (Å²) < 4.78 is 55.2. The van der Waals surface area contributed by atoms with Gasteiger partial charge in [-0.2, -0.15) is 13.2 Å². The van der Waals surface area contributed by atoms with Crippen molar-refractivity contribution in [3.05, 3.63) is 58.1 Å². The first kappa shape index (κ1) is 19.5. The summed E-state index contributed by atoms with van der Waals surface area (Å²) in [4.78, 5) is 17.2. The molecule has 9 heteroatoms. The monoisotopic (exact) mass is 394 g/mol. The Kier molecular flexibility index (Phi) is 5.17. The first-order chi connectivity index (χ1) is 13.3. The summed E-state index contributed by atoms with van der Waals surface area (Å²) >= 11 is 0. The second-order valence-electron chi connectivity index (χ2n) is 5.91. The second kappa shape index (κ2) is 7.41. The van der Waals surface area contributed by atoms with Crippen LogP contribution in [-0.4, -0.2) is 30.9 Å². The molecule has 28 heavy (non-hydrogen) atoms. The van der Waals surface area contributed by atoms with E-state index in [0.717, 1.165) is 12.1 Å². The topological polar surface area (TPSA) is 62.6 Å². The third-order valence-corrected chi connectivity index (χ3v) is 4.26. The van der Waals surface area contributed by atoms with Gasteiger partial charge in [0.1, 0.15) is 5.52 Å². The van der Waals surface area contributed by atoms with Crippen LogP contribution in [0.1, 0.15) is 11.1 Å². The molecule has 0 N–H and O–H groups in total. The van der Waals surface area contributed by atoms with Crippen molar-refractivity contribution in [2.24, 2.45) is 0 Å². The molecule has 0 saturated carbocycles. The smallest absolute Gasteiger partial charge is 0.416 e. The molecule has 0 unspecified atom stereocenters. The van der Waals surface area contributed by atoms with Gasteiger partial charge in [0.15, 0.2) is 11.5 Å². The molecule has 0 aliphatic carbocycles. The summed E-state index contributed by atoms with van der Waals surface area (Å²) in [6.45, 7) is 0.0660. The number of benzene rings is 2. The molecule has 0 atom stereocenters. The van der Waals surface area contributed by atoms with Crippen molar-refractivity contribution in [3.8, 4) is 17.2 Å². The number of rotatable bonds is 5. The molecular weight excluding hydrogens is 377 g/mol. The van der Waals surface area contributed by atoms with Gasteiger partial charge in [-0.25, -0.2) is 4.98 Å². The predicted octanol–water partition coefficient (Wildman–Crippen LogP) is 3.49. The molecule has 1 heterocycles. The number of nitrogens with zero attached hydrogens (tertiary/aromatic N) is 2. The van der Waals surface area contributed by atoms with Gasteiger partial charge in [-0.1, -0.05) is 12.1 Å². The summed E-state index contributed by atoms with van der Waals surface area (Å²) in [5, 5.41) is 0.240. The molecule has 2 aromatic carbocycles. The minimum atomic E-state index is -4.41. The standard InChI is InChI=1S/C19H17F3N2O4/c1-26-14-8-13-15(17(28-3)16(14)27-2)23-10-24(18(13)25)9-11-4-6-12(7-5-11)19(20,21)22/h4-8,10H,9H2,1-3H3. The van der Waals surface area contributed by atoms with E-state index in [4.69, 9.17) is 14.2 Å². The lowest BCUT2D eigenvalue weighted by atomic mass is 10.1. The average molecular weight is 394 g/mol. The molecule has 0 spiro atoms. The van der Waals surface area contributed by atoms with Crippen LogP contribution in [0.15, 0.2) is 41.5 Å². The third kappa shape index (κ3) is 3.47. The molecule has 6 nitrogen and oxygen atoms in total. The normalized spacial score (nSPS) is 11.5. The highest BCUT2D eigenvalue weighted by Gasteiger charge is 2.30. The van der Waals surface area contributed by atoms with Crippen molar-refractivity contribution in [1.29, 1.82) is 0 Å². The van der Waals surface area contributed by atoms with Crippen LogP contribution >= 0.6 is 0 Å². The minimum absolute atomic E-state index is 0.0660. The summed E-state index contributed by atoms with van der Waals surface area (Å²) in [6.07, 6.45) is -3.09. The van der Waals surface area contributed by atoms with Gasteiger partial charge in [0.25, 0.3) is 5.56 Å². The molecule has 0 fully saturated rings.